The quantitative estimate of drug-likeness (QED) is 0.736. The van der Waals surface area contributed by atoms with Gasteiger partial charge in [-0.15, -0.1) is 0 Å². The van der Waals surface area contributed by atoms with Gasteiger partial charge < -0.3 is 10.8 Å². The highest BCUT2D eigenvalue weighted by Gasteiger charge is 2.20. The Morgan fingerprint density at radius 1 is 1.46 bits per heavy atom. The van der Waals surface area contributed by atoms with E-state index in [-0.39, 0.29) is 10.8 Å². The van der Waals surface area contributed by atoms with E-state index in [0.717, 1.165) is 6.07 Å². The van der Waals surface area contributed by atoms with Crippen LogP contribution in [0, 0.1) is 5.82 Å². The fraction of sp³-hybridized carbons (Fsp3) is 0.333. The van der Waals surface area contributed by atoms with Crippen molar-refractivity contribution in [2.75, 3.05) is 0 Å². The maximum atomic E-state index is 12.8. The van der Waals surface area contributed by atoms with E-state index in [1.165, 1.54) is 6.07 Å². The summed E-state index contributed by atoms with van der Waals surface area (Å²) < 4.78 is 12.8. The first kappa shape index (κ1) is 10.3. The van der Waals surface area contributed by atoms with Gasteiger partial charge in [-0.1, -0.05) is 11.6 Å². The molecule has 0 amide bonds. The van der Waals surface area contributed by atoms with Gasteiger partial charge in [-0.3, -0.25) is 0 Å². The van der Waals surface area contributed by atoms with E-state index in [2.05, 4.69) is 0 Å². The molecule has 1 aromatic carbocycles. The number of benzene rings is 1. The van der Waals surface area contributed by atoms with Crippen LogP contribution < -0.4 is 5.73 Å². The Morgan fingerprint density at radius 3 is 2.46 bits per heavy atom. The van der Waals surface area contributed by atoms with Gasteiger partial charge in [0.1, 0.15) is 11.6 Å². The van der Waals surface area contributed by atoms with Crippen molar-refractivity contribution in [3.63, 3.8) is 0 Å². The van der Waals surface area contributed by atoms with Gasteiger partial charge in [0.25, 0.3) is 0 Å². The van der Waals surface area contributed by atoms with E-state index >= 15 is 0 Å². The van der Waals surface area contributed by atoms with Crippen LogP contribution >= 0.6 is 11.6 Å². The average molecular weight is 204 g/mol. The Bertz CT molecular complexity index is 333. The fourth-order valence-electron chi connectivity index (χ4n) is 1.05. The zero-order valence-corrected chi connectivity index (χ0v) is 8.19. The Kier molecular flexibility index (Phi) is 2.50. The normalized spacial score (nSPS) is 11.8. The summed E-state index contributed by atoms with van der Waals surface area (Å²) in [5.74, 6) is -0.818. The van der Waals surface area contributed by atoms with Gasteiger partial charge in [-0.25, -0.2) is 4.39 Å². The molecule has 0 bridgehead atoms. The highest BCUT2D eigenvalue weighted by Crippen LogP contribution is 2.31. The van der Waals surface area contributed by atoms with Crippen molar-refractivity contribution in [2.45, 2.75) is 19.4 Å². The van der Waals surface area contributed by atoms with Crippen molar-refractivity contribution in [3.05, 3.63) is 28.5 Å². The Hall–Kier alpha value is -0.800. The lowest BCUT2D eigenvalue weighted by molar-refractivity contribution is 0.435. The summed E-state index contributed by atoms with van der Waals surface area (Å²) in [7, 11) is 0. The smallest absolute Gasteiger partial charge is 0.145 e. The molecule has 0 aliphatic heterocycles. The van der Waals surface area contributed by atoms with Crippen molar-refractivity contribution >= 4 is 11.6 Å². The number of phenolic OH excluding ortho intramolecular Hbond substituents is 1. The first-order valence-electron chi connectivity index (χ1n) is 3.79. The van der Waals surface area contributed by atoms with Crippen LogP contribution in [0.15, 0.2) is 12.1 Å². The van der Waals surface area contributed by atoms with Crippen LogP contribution in [-0.4, -0.2) is 5.11 Å². The Morgan fingerprint density at radius 2 is 2.00 bits per heavy atom. The summed E-state index contributed by atoms with van der Waals surface area (Å²) in [6, 6.07) is 2.30. The van der Waals surface area contributed by atoms with E-state index in [0.29, 0.717) is 5.56 Å². The predicted octanol–water partition coefficient (Wildman–Crippen LogP) is 2.38. The predicted molar refractivity (Wildman–Crippen MR) is 50.3 cm³/mol. The van der Waals surface area contributed by atoms with E-state index in [1.54, 1.807) is 13.8 Å². The second-order valence-electron chi connectivity index (χ2n) is 3.51. The first-order chi connectivity index (χ1) is 5.82. The van der Waals surface area contributed by atoms with E-state index in [1.807, 2.05) is 0 Å². The third kappa shape index (κ3) is 2.11. The molecule has 0 saturated heterocycles. The van der Waals surface area contributed by atoms with E-state index in [4.69, 9.17) is 17.3 Å². The lowest BCUT2D eigenvalue weighted by atomic mass is 9.95. The minimum atomic E-state index is -0.735. The van der Waals surface area contributed by atoms with E-state index in [9.17, 15) is 9.50 Å². The second kappa shape index (κ2) is 3.16. The molecule has 2 nitrogen and oxygen atoms in total. The molecule has 0 spiro atoms. The lowest BCUT2D eigenvalue weighted by Crippen LogP contribution is -2.28. The number of aromatic hydroxyl groups is 1. The van der Waals surface area contributed by atoms with Gasteiger partial charge in [-0.05, 0) is 19.9 Å². The van der Waals surface area contributed by atoms with Crippen LogP contribution in [0.2, 0.25) is 5.02 Å². The third-order valence-corrected chi connectivity index (χ3v) is 2.02. The molecular formula is C9H11ClFNO. The maximum Gasteiger partial charge on any atom is 0.145 e. The maximum absolute atomic E-state index is 12.8. The lowest BCUT2D eigenvalue weighted by Gasteiger charge is -2.20. The van der Waals surface area contributed by atoms with Crippen LogP contribution in [0.25, 0.3) is 0 Å². The molecule has 1 aromatic rings. The molecule has 72 valence electrons. The van der Waals surface area contributed by atoms with Crippen LogP contribution in [0.4, 0.5) is 4.39 Å². The number of hydrogen-bond donors (Lipinski definition) is 2. The molecular weight excluding hydrogens is 193 g/mol. The van der Waals surface area contributed by atoms with Crippen LogP contribution in [0.3, 0.4) is 0 Å². The number of nitrogens with two attached hydrogens (primary N) is 1. The van der Waals surface area contributed by atoms with E-state index < -0.39 is 11.4 Å². The molecule has 0 fully saturated rings. The van der Waals surface area contributed by atoms with Crippen molar-refractivity contribution < 1.29 is 9.50 Å². The molecule has 0 aliphatic carbocycles. The molecule has 1 rings (SSSR count). The van der Waals surface area contributed by atoms with Crippen molar-refractivity contribution in [1.29, 1.82) is 0 Å². The molecule has 0 radical (unpaired) electrons. The monoisotopic (exact) mass is 203 g/mol. The number of phenols is 1. The molecule has 0 aromatic heterocycles. The molecule has 0 aliphatic rings. The van der Waals surface area contributed by atoms with Crippen molar-refractivity contribution in [2.24, 2.45) is 5.73 Å². The molecule has 13 heavy (non-hydrogen) atoms. The average Bonchev–Trinajstić information content (AvgIpc) is 1.94. The topological polar surface area (TPSA) is 46.2 Å². The molecule has 3 N–H and O–H groups in total. The number of hydrogen-bond acceptors (Lipinski definition) is 2. The number of rotatable bonds is 1. The number of halogens is 2. The van der Waals surface area contributed by atoms with Gasteiger partial charge in [-0.2, -0.15) is 0 Å². The minimum absolute atomic E-state index is 0.0358. The fourth-order valence-corrected chi connectivity index (χ4v) is 1.22. The van der Waals surface area contributed by atoms with Gasteiger partial charge in [0.05, 0.1) is 5.02 Å². The summed E-state index contributed by atoms with van der Waals surface area (Å²) in [5, 5.41) is 9.34. The summed E-state index contributed by atoms with van der Waals surface area (Å²) in [5.41, 5.74) is 5.43. The summed E-state index contributed by atoms with van der Waals surface area (Å²) >= 11 is 5.55. The summed E-state index contributed by atoms with van der Waals surface area (Å²) in [6.07, 6.45) is 0. The highest BCUT2D eigenvalue weighted by atomic mass is 35.5. The van der Waals surface area contributed by atoms with Gasteiger partial charge in [0, 0.05) is 17.2 Å². The van der Waals surface area contributed by atoms with Crippen molar-refractivity contribution in [1.82, 2.24) is 0 Å². The van der Waals surface area contributed by atoms with Gasteiger partial charge >= 0.3 is 0 Å². The van der Waals surface area contributed by atoms with Crippen LogP contribution in [0.5, 0.6) is 5.75 Å². The van der Waals surface area contributed by atoms with Gasteiger partial charge in [0.2, 0.25) is 0 Å². The second-order valence-corrected chi connectivity index (χ2v) is 3.91. The molecule has 4 heteroatoms. The summed E-state index contributed by atoms with van der Waals surface area (Å²) in [4.78, 5) is 0. The largest absolute Gasteiger partial charge is 0.507 e. The zero-order valence-electron chi connectivity index (χ0n) is 7.44. The Labute approximate surface area is 81.1 Å². The third-order valence-electron chi connectivity index (χ3n) is 1.73. The molecule has 0 unspecified atom stereocenters. The van der Waals surface area contributed by atoms with Gasteiger partial charge in [0.15, 0.2) is 0 Å². The van der Waals surface area contributed by atoms with Crippen LogP contribution in [-0.2, 0) is 5.54 Å². The first-order valence-corrected chi connectivity index (χ1v) is 4.17. The SMILES string of the molecule is CC(C)(N)c1cc(Cl)c(F)cc1O. The Balaban J connectivity index is 3.32. The zero-order chi connectivity index (χ0) is 10.2. The molecule has 0 atom stereocenters. The molecule has 0 saturated carbocycles. The molecule has 0 heterocycles. The van der Waals surface area contributed by atoms with Crippen LogP contribution in [0.1, 0.15) is 19.4 Å². The standard InChI is InChI=1S/C9H11ClFNO/c1-9(2,12)5-3-6(10)7(11)4-8(5)13/h3-4,13H,12H2,1-2H3. The highest BCUT2D eigenvalue weighted by molar-refractivity contribution is 6.30. The van der Waals surface area contributed by atoms with Crippen molar-refractivity contribution in [3.8, 4) is 5.75 Å². The minimum Gasteiger partial charge on any atom is -0.507 e. The summed E-state index contributed by atoms with van der Waals surface area (Å²) in [6.45, 7) is 3.41.